The third kappa shape index (κ3) is 3.11. The van der Waals surface area contributed by atoms with Gasteiger partial charge >= 0.3 is 29.6 Å². The molecule has 1 atom stereocenters. The largest absolute Gasteiger partial charge is 1.00 e. The van der Waals surface area contributed by atoms with E-state index in [4.69, 9.17) is 5.73 Å². The first-order chi connectivity index (χ1) is 5.11. The van der Waals surface area contributed by atoms with Gasteiger partial charge in [0.05, 0.1) is 0 Å². The molecule has 5 heteroatoms. The van der Waals surface area contributed by atoms with Crippen LogP contribution in [0.1, 0.15) is 0 Å². The van der Waals surface area contributed by atoms with E-state index in [1.807, 2.05) is 0 Å². The molecule has 1 aromatic carbocycles. The van der Waals surface area contributed by atoms with Gasteiger partial charge in [0, 0.05) is 32.5 Å². The molecule has 0 radical (unpaired) electrons. The minimum atomic E-state index is -0.961. The molecular formula is C7H9NNaOS2+. The van der Waals surface area contributed by atoms with Gasteiger partial charge in [-0.25, -0.2) is 0 Å². The van der Waals surface area contributed by atoms with E-state index < -0.39 is 10.8 Å². The fraction of sp³-hybridized carbons (Fsp3) is 0.143. The zero-order valence-corrected chi connectivity index (χ0v) is 10.8. The number of hydrogen-bond donors (Lipinski definition) is 2. The standard InChI is InChI=1S/C7H9NOS2.Na/c1-11(9)5-2-3-7(10)6(8)4-5;/h2-4,10H,8H2,1H3;/q;+1. The maximum absolute atomic E-state index is 10.9. The molecule has 0 aliphatic carbocycles. The molecule has 0 heterocycles. The second kappa shape index (κ2) is 5.29. The number of nitrogen functional groups attached to an aromatic ring is 1. The van der Waals surface area contributed by atoms with Crippen molar-refractivity contribution < 1.29 is 33.8 Å². The summed E-state index contributed by atoms with van der Waals surface area (Å²) in [6, 6.07) is 5.18. The van der Waals surface area contributed by atoms with Gasteiger partial charge in [0.2, 0.25) is 0 Å². The van der Waals surface area contributed by atoms with E-state index in [1.54, 1.807) is 24.5 Å². The molecular weight excluding hydrogens is 201 g/mol. The van der Waals surface area contributed by atoms with Gasteiger partial charge in [-0.05, 0) is 18.2 Å². The summed E-state index contributed by atoms with van der Waals surface area (Å²) in [5.74, 6) is 0. The molecule has 0 aliphatic heterocycles. The minimum absolute atomic E-state index is 0. The quantitative estimate of drug-likeness (QED) is 0.330. The van der Waals surface area contributed by atoms with Crippen molar-refractivity contribution in [1.29, 1.82) is 0 Å². The Balaban J connectivity index is 0.00000121. The van der Waals surface area contributed by atoms with Crippen molar-refractivity contribution in [1.82, 2.24) is 0 Å². The van der Waals surface area contributed by atoms with Crippen LogP contribution in [0.3, 0.4) is 0 Å². The van der Waals surface area contributed by atoms with Crippen LogP contribution < -0.4 is 35.3 Å². The summed E-state index contributed by atoms with van der Waals surface area (Å²) in [7, 11) is -0.961. The molecule has 0 bridgehead atoms. The molecule has 2 N–H and O–H groups in total. The summed E-state index contributed by atoms with van der Waals surface area (Å²) in [5.41, 5.74) is 6.12. The summed E-state index contributed by atoms with van der Waals surface area (Å²) in [5, 5.41) is 0. The molecule has 1 aromatic rings. The molecule has 12 heavy (non-hydrogen) atoms. The van der Waals surface area contributed by atoms with Crippen molar-refractivity contribution in [2.45, 2.75) is 9.79 Å². The molecule has 0 aromatic heterocycles. The van der Waals surface area contributed by atoms with Gasteiger partial charge in [0.1, 0.15) is 0 Å². The van der Waals surface area contributed by atoms with Crippen LogP contribution in [-0.2, 0) is 10.8 Å². The SMILES string of the molecule is CS(=O)c1ccc(S)c(N)c1.[Na+]. The Bertz CT molecular complexity index is 303. The van der Waals surface area contributed by atoms with Crippen LogP contribution in [-0.4, -0.2) is 10.5 Å². The van der Waals surface area contributed by atoms with E-state index in [2.05, 4.69) is 12.6 Å². The Morgan fingerprint density at radius 1 is 1.50 bits per heavy atom. The van der Waals surface area contributed by atoms with Crippen LogP contribution in [0.4, 0.5) is 5.69 Å². The molecule has 1 unspecified atom stereocenters. The summed E-state index contributed by atoms with van der Waals surface area (Å²) < 4.78 is 10.9. The Labute approximate surface area is 102 Å². The van der Waals surface area contributed by atoms with E-state index >= 15 is 0 Å². The molecule has 0 fully saturated rings. The number of nitrogens with two attached hydrogens (primary N) is 1. The summed E-state index contributed by atoms with van der Waals surface area (Å²) in [6.07, 6.45) is 1.62. The molecule has 0 saturated heterocycles. The average molecular weight is 210 g/mol. The zero-order valence-electron chi connectivity index (χ0n) is 7.07. The summed E-state index contributed by atoms with van der Waals surface area (Å²) in [6.45, 7) is 0. The van der Waals surface area contributed by atoms with Gasteiger partial charge in [-0.15, -0.1) is 12.6 Å². The summed E-state index contributed by atoms with van der Waals surface area (Å²) in [4.78, 5) is 1.46. The molecule has 60 valence electrons. The normalized spacial score (nSPS) is 11.8. The number of thiol groups is 1. The van der Waals surface area contributed by atoms with Gasteiger partial charge in [-0.1, -0.05) is 0 Å². The van der Waals surface area contributed by atoms with Gasteiger partial charge in [-0.3, -0.25) is 4.21 Å². The third-order valence-electron chi connectivity index (χ3n) is 1.33. The summed E-state index contributed by atoms with van der Waals surface area (Å²) >= 11 is 4.09. The second-order valence-corrected chi connectivity index (χ2v) is 4.04. The topological polar surface area (TPSA) is 43.1 Å². The number of rotatable bonds is 1. The third-order valence-corrected chi connectivity index (χ3v) is 2.66. The minimum Gasteiger partial charge on any atom is -0.398 e. The predicted octanol–water partition coefficient (Wildman–Crippen LogP) is -1.70. The Morgan fingerprint density at radius 3 is 2.50 bits per heavy atom. The fourth-order valence-corrected chi connectivity index (χ4v) is 1.40. The van der Waals surface area contributed by atoms with Crippen molar-refractivity contribution in [2.75, 3.05) is 12.0 Å². The first-order valence-electron chi connectivity index (χ1n) is 3.03. The Hall–Kier alpha value is 0.520. The zero-order chi connectivity index (χ0) is 8.43. The van der Waals surface area contributed by atoms with E-state index in [1.165, 1.54) is 0 Å². The maximum atomic E-state index is 10.9. The first kappa shape index (κ1) is 12.5. The van der Waals surface area contributed by atoms with Gasteiger partial charge in [0.25, 0.3) is 0 Å². The predicted molar refractivity (Wildman–Crippen MR) is 50.4 cm³/mol. The van der Waals surface area contributed by atoms with Crippen LogP contribution in [0, 0.1) is 0 Å². The molecule has 0 aliphatic rings. The number of anilines is 1. The van der Waals surface area contributed by atoms with Crippen LogP contribution in [0.25, 0.3) is 0 Å². The fourth-order valence-electron chi connectivity index (χ4n) is 0.711. The molecule has 0 spiro atoms. The molecule has 2 nitrogen and oxygen atoms in total. The van der Waals surface area contributed by atoms with Gasteiger partial charge in [0.15, 0.2) is 0 Å². The van der Waals surface area contributed by atoms with Gasteiger partial charge in [-0.2, -0.15) is 0 Å². The molecule has 1 rings (SSSR count). The van der Waals surface area contributed by atoms with Crippen LogP contribution in [0.5, 0.6) is 0 Å². The van der Waals surface area contributed by atoms with Gasteiger partial charge < -0.3 is 5.73 Å². The number of hydrogen-bond acceptors (Lipinski definition) is 3. The van der Waals surface area contributed by atoms with Crippen molar-refractivity contribution in [3.8, 4) is 0 Å². The van der Waals surface area contributed by atoms with Crippen LogP contribution >= 0.6 is 12.6 Å². The monoisotopic (exact) mass is 210 g/mol. The van der Waals surface area contributed by atoms with Crippen molar-refractivity contribution in [2.24, 2.45) is 0 Å². The van der Waals surface area contributed by atoms with Crippen LogP contribution in [0.15, 0.2) is 28.0 Å². The average Bonchev–Trinajstić information content (AvgIpc) is 1.94. The first-order valence-corrected chi connectivity index (χ1v) is 5.03. The van der Waals surface area contributed by atoms with Crippen molar-refractivity contribution >= 4 is 29.1 Å². The maximum Gasteiger partial charge on any atom is 1.00 e. The van der Waals surface area contributed by atoms with E-state index in [0.29, 0.717) is 5.69 Å². The molecule has 0 saturated carbocycles. The second-order valence-electron chi connectivity index (χ2n) is 2.17. The Kier molecular flexibility index (Phi) is 5.52. The van der Waals surface area contributed by atoms with E-state index in [9.17, 15) is 4.21 Å². The van der Waals surface area contributed by atoms with E-state index in [-0.39, 0.29) is 29.6 Å². The van der Waals surface area contributed by atoms with Crippen molar-refractivity contribution in [3.63, 3.8) is 0 Å². The smallest absolute Gasteiger partial charge is 0.398 e. The van der Waals surface area contributed by atoms with Crippen molar-refractivity contribution in [3.05, 3.63) is 18.2 Å². The molecule has 0 amide bonds. The Morgan fingerprint density at radius 2 is 2.08 bits per heavy atom. The number of benzene rings is 1. The van der Waals surface area contributed by atoms with E-state index in [0.717, 1.165) is 9.79 Å². The van der Waals surface area contributed by atoms with Crippen LogP contribution in [0.2, 0.25) is 0 Å².